The summed E-state index contributed by atoms with van der Waals surface area (Å²) < 4.78 is 5.41. The van der Waals surface area contributed by atoms with Crippen LogP contribution in [0.5, 0.6) is 5.75 Å². The Bertz CT molecular complexity index is 1030. The van der Waals surface area contributed by atoms with Crippen LogP contribution in [0.25, 0.3) is 6.08 Å². The number of aliphatic imine (C=N–C) groups is 1. The number of rotatable bonds is 5. The maximum Gasteiger partial charge on any atom is 0.266 e. The van der Waals surface area contributed by atoms with Crippen molar-refractivity contribution in [2.45, 2.75) is 6.92 Å². The normalized spacial score (nSPS) is 16.7. The lowest BCUT2D eigenvalue weighted by atomic mass is 10.2. The highest BCUT2D eigenvalue weighted by atomic mass is 35.5. The number of hydrogen-bond acceptors (Lipinski definition) is 6. The third-order valence-electron chi connectivity index (χ3n) is 3.92. The van der Waals surface area contributed by atoms with Gasteiger partial charge < -0.3 is 14.6 Å². The molecule has 2 aromatic rings. The molecular formula is C20H15Cl2N2O4S-. The number of carboxylic acids is 1. The molecule has 1 heterocycles. The average molecular weight is 450 g/mol. The van der Waals surface area contributed by atoms with Gasteiger partial charge in [-0.25, -0.2) is 4.99 Å². The number of hydrogen-bond donors (Lipinski definition) is 0. The van der Waals surface area contributed by atoms with Crippen LogP contribution in [0, 0.1) is 0 Å². The summed E-state index contributed by atoms with van der Waals surface area (Å²) in [7, 11) is 1.59. The average Bonchev–Trinajstić information content (AvgIpc) is 2.93. The molecule has 0 unspecified atom stereocenters. The van der Waals surface area contributed by atoms with E-state index in [4.69, 9.17) is 27.9 Å². The first-order valence-corrected chi connectivity index (χ1v) is 10.1. The van der Waals surface area contributed by atoms with E-state index >= 15 is 0 Å². The van der Waals surface area contributed by atoms with Gasteiger partial charge in [0.2, 0.25) is 0 Å². The lowest BCUT2D eigenvalue weighted by Gasteiger charge is -2.09. The number of amidine groups is 1. The van der Waals surface area contributed by atoms with Crippen LogP contribution in [0.1, 0.15) is 22.8 Å². The predicted octanol–water partition coefficient (Wildman–Crippen LogP) is 3.99. The molecule has 0 spiro atoms. The van der Waals surface area contributed by atoms with E-state index in [1.165, 1.54) is 17.0 Å². The van der Waals surface area contributed by atoms with Crippen molar-refractivity contribution in [1.29, 1.82) is 0 Å². The van der Waals surface area contributed by atoms with Gasteiger partial charge in [-0.3, -0.25) is 9.69 Å². The second-order valence-corrected chi connectivity index (χ2v) is 7.78. The molecule has 1 fully saturated rings. The Hall–Kier alpha value is -2.48. The van der Waals surface area contributed by atoms with Gasteiger partial charge in [0.15, 0.2) is 10.9 Å². The fourth-order valence-corrected chi connectivity index (χ4v) is 4.16. The van der Waals surface area contributed by atoms with Gasteiger partial charge in [0.1, 0.15) is 0 Å². The van der Waals surface area contributed by atoms with Crippen molar-refractivity contribution in [3.05, 3.63) is 62.5 Å². The second-order valence-electron chi connectivity index (χ2n) is 5.95. The van der Waals surface area contributed by atoms with Crippen LogP contribution in [0.4, 0.5) is 5.69 Å². The zero-order valence-corrected chi connectivity index (χ0v) is 17.8. The van der Waals surface area contributed by atoms with Gasteiger partial charge in [0.25, 0.3) is 5.91 Å². The standard InChI is InChI=1S/C20H16Cl2N2O4S/c1-3-28-17-14(21)7-11(8-15(17)22)9-16-18(25)24(2)20(29-16)23-13-6-4-5-12(10-13)19(26)27/h4-10H,3H2,1-2H3,(H,26,27)/p-1/b16-9-,23-20?. The molecule has 150 valence electrons. The summed E-state index contributed by atoms with van der Waals surface area (Å²) in [5.74, 6) is -1.14. The minimum Gasteiger partial charge on any atom is -0.545 e. The fraction of sp³-hybridized carbons (Fsp3) is 0.150. The van der Waals surface area contributed by atoms with Crippen LogP contribution in [-0.2, 0) is 4.79 Å². The molecule has 2 aromatic carbocycles. The van der Waals surface area contributed by atoms with Gasteiger partial charge in [-0.1, -0.05) is 35.3 Å². The number of likely N-dealkylation sites (N-methyl/N-ethyl adjacent to an activating group) is 1. The molecule has 0 saturated carbocycles. The Morgan fingerprint density at radius 3 is 2.59 bits per heavy atom. The van der Waals surface area contributed by atoms with Gasteiger partial charge in [-0.05, 0) is 60.2 Å². The first-order valence-electron chi connectivity index (χ1n) is 8.49. The van der Waals surface area contributed by atoms with Crippen LogP contribution in [0.2, 0.25) is 10.0 Å². The summed E-state index contributed by atoms with van der Waals surface area (Å²) in [6.45, 7) is 2.26. The third kappa shape index (κ3) is 4.75. The van der Waals surface area contributed by atoms with E-state index in [9.17, 15) is 14.7 Å². The van der Waals surface area contributed by atoms with E-state index in [-0.39, 0.29) is 11.5 Å². The highest BCUT2D eigenvalue weighted by molar-refractivity contribution is 8.18. The lowest BCUT2D eigenvalue weighted by molar-refractivity contribution is -0.255. The molecule has 6 nitrogen and oxygen atoms in total. The van der Waals surface area contributed by atoms with E-state index in [1.807, 2.05) is 6.92 Å². The van der Waals surface area contributed by atoms with Gasteiger partial charge in [-0.15, -0.1) is 0 Å². The highest BCUT2D eigenvalue weighted by Crippen LogP contribution is 2.37. The molecule has 1 aliphatic heterocycles. The SMILES string of the molecule is CCOc1c(Cl)cc(/C=C2\SC(=Nc3cccc(C(=O)[O-])c3)N(C)C2=O)cc1Cl. The van der Waals surface area contributed by atoms with E-state index in [2.05, 4.69) is 4.99 Å². The van der Waals surface area contributed by atoms with Gasteiger partial charge in [0, 0.05) is 7.05 Å². The van der Waals surface area contributed by atoms with Crippen molar-refractivity contribution in [1.82, 2.24) is 4.90 Å². The van der Waals surface area contributed by atoms with E-state index in [0.29, 0.717) is 43.7 Å². The smallest absolute Gasteiger partial charge is 0.266 e. The van der Waals surface area contributed by atoms with Crippen LogP contribution >= 0.6 is 35.0 Å². The molecular weight excluding hydrogens is 435 g/mol. The van der Waals surface area contributed by atoms with Gasteiger partial charge in [-0.2, -0.15) is 0 Å². The van der Waals surface area contributed by atoms with Crippen molar-refractivity contribution < 1.29 is 19.4 Å². The van der Waals surface area contributed by atoms with Crippen LogP contribution in [0.15, 0.2) is 46.3 Å². The quantitative estimate of drug-likeness (QED) is 0.644. The maximum absolute atomic E-state index is 12.6. The summed E-state index contributed by atoms with van der Waals surface area (Å²) in [6.07, 6.45) is 1.66. The molecule has 0 bridgehead atoms. The summed E-state index contributed by atoms with van der Waals surface area (Å²) in [5, 5.41) is 12.1. The number of ether oxygens (including phenoxy) is 1. The fourth-order valence-electron chi connectivity index (χ4n) is 2.56. The second kappa shape index (κ2) is 8.90. The summed E-state index contributed by atoms with van der Waals surface area (Å²) in [4.78, 5) is 29.8. The maximum atomic E-state index is 12.6. The van der Waals surface area contributed by atoms with Crippen molar-refractivity contribution in [2.75, 3.05) is 13.7 Å². The minimum atomic E-state index is -1.29. The number of halogens is 2. The Balaban J connectivity index is 1.91. The van der Waals surface area contributed by atoms with Crippen molar-refractivity contribution in [3.63, 3.8) is 0 Å². The molecule has 1 saturated heterocycles. The van der Waals surface area contributed by atoms with Crippen molar-refractivity contribution in [3.8, 4) is 5.75 Å². The molecule has 1 aliphatic rings. The molecule has 1 amide bonds. The minimum absolute atomic E-state index is 0.0123. The number of nitrogens with zero attached hydrogens (tertiary/aromatic N) is 2. The molecule has 0 aromatic heterocycles. The van der Waals surface area contributed by atoms with E-state index in [0.717, 1.165) is 11.8 Å². The molecule has 0 aliphatic carbocycles. The third-order valence-corrected chi connectivity index (χ3v) is 5.54. The summed E-state index contributed by atoms with van der Waals surface area (Å²) in [6, 6.07) is 9.34. The van der Waals surface area contributed by atoms with Crippen molar-refractivity contribution in [2.24, 2.45) is 4.99 Å². The molecule has 9 heteroatoms. The van der Waals surface area contributed by atoms with E-state index in [1.54, 1.807) is 37.4 Å². The number of amides is 1. The largest absolute Gasteiger partial charge is 0.545 e. The number of carbonyl (C=O) groups excluding carboxylic acids is 2. The first-order chi connectivity index (χ1) is 13.8. The highest BCUT2D eigenvalue weighted by Gasteiger charge is 2.30. The summed E-state index contributed by atoms with van der Waals surface area (Å²) >= 11 is 13.6. The predicted molar refractivity (Wildman–Crippen MR) is 114 cm³/mol. The first kappa shape index (κ1) is 21.2. The van der Waals surface area contributed by atoms with Crippen LogP contribution in [-0.4, -0.2) is 35.6 Å². The number of carbonyl (C=O) groups is 2. The monoisotopic (exact) mass is 449 g/mol. The number of aromatic carboxylic acids is 1. The zero-order valence-electron chi connectivity index (χ0n) is 15.4. The number of benzene rings is 2. The molecule has 0 radical (unpaired) electrons. The Labute approximate surface area is 181 Å². The number of thioether (sulfide) groups is 1. The molecule has 0 N–H and O–H groups in total. The topological polar surface area (TPSA) is 82.0 Å². The molecule has 0 atom stereocenters. The van der Waals surface area contributed by atoms with Crippen LogP contribution < -0.4 is 9.84 Å². The number of carboxylic acid groups (broad SMARTS) is 1. The van der Waals surface area contributed by atoms with Gasteiger partial charge in [0.05, 0.1) is 33.2 Å². The van der Waals surface area contributed by atoms with Gasteiger partial charge >= 0.3 is 0 Å². The lowest BCUT2D eigenvalue weighted by Crippen LogP contribution is -2.23. The Morgan fingerprint density at radius 2 is 1.97 bits per heavy atom. The Kier molecular flexibility index (Phi) is 6.52. The van der Waals surface area contributed by atoms with E-state index < -0.39 is 5.97 Å². The zero-order chi connectivity index (χ0) is 21.1. The molecule has 3 rings (SSSR count). The Morgan fingerprint density at radius 1 is 1.28 bits per heavy atom. The van der Waals surface area contributed by atoms with Crippen LogP contribution in [0.3, 0.4) is 0 Å². The summed E-state index contributed by atoms with van der Waals surface area (Å²) in [5.41, 5.74) is 1.06. The molecule has 29 heavy (non-hydrogen) atoms. The van der Waals surface area contributed by atoms with Crippen molar-refractivity contribution >= 4 is 63.8 Å².